The van der Waals surface area contributed by atoms with Crippen molar-refractivity contribution in [3.8, 4) is 17.1 Å². The van der Waals surface area contributed by atoms with E-state index in [9.17, 15) is 4.79 Å². The second kappa shape index (κ2) is 8.98. The standard InChI is InChI=1S/C21H23N3O3/c1-15-6-8-17(9-7-15)21-23-20(27-24-21)11-10-19(25)22-13-12-16-4-3-5-18(14-16)26-2/h3-9,14H,10-13H2,1-2H3,(H,22,25). The minimum Gasteiger partial charge on any atom is -0.497 e. The van der Waals surface area contributed by atoms with Gasteiger partial charge in [-0.15, -0.1) is 0 Å². The summed E-state index contributed by atoms with van der Waals surface area (Å²) in [5.74, 6) is 1.80. The van der Waals surface area contributed by atoms with Crippen molar-refractivity contribution in [2.75, 3.05) is 13.7 Å². The Bertz CT molecular complexity index is 888. The summed E-state index contributed by atoms with van der Waals surface area (Å²) in [7, 11) is 1.64. The Morgan fingerprint density at radius 3 is 2.74 bits per heavy atom. The first-order chi connectivity index (χ1) is 13.1. The monoisotopic (exact) mass is 365 g/mol. The Morgan fingerprint density at radius 1 is 1.15 bits per heavy atom. The lowest BCUT2D eigenvalue weighted by Gasteiger charge is -2.06. The fourth-order valence-electron chi connectivity index (χ4n) is 2.66. The molecule has 0 unspecified atom stereocenters. The largest absolute Gasteiger partial charge is 0.497 e. The first-order valence-corrected chi connectivity index (χ1v) is 8.93. The summed E-state index contributed by atoms with van der Waals surface area (Å²) >= 11 is 0. The van der Waals surface area contributed by atoms with Gasteiger partial charge in [0.15, 0.2) is 0 Å². The maximum Gasteiger partial charge on any atom is 0.227 e. The molecule has 6 heteroatoms. The molecule has 0 bridgehead atoms. The molecule has 0 aliphatic heterocycles. The number of methoxy groups -OCH3 is 1. The van der Waals surface area contributed by atoms with Crippen molar-refractivity contribution in [2.45, 2.75) is 26.2 Å². The second-order valence-corrected chi connectivity index (χ2v) is 6.33. The van der Waals surface area contributed by atoms with E-state index in [4.69, 9.17) is 9.26 Å². The molecule has 0 saturated heterocycles. The minimum atomic E-state index is -0.0343. The number of amides is 1. The molecule has 6 nitrogen and oxygen atoms in total. The van der Waals surface area contributed by atoms with E-state index in [0.29, 0.717) is 31.1 Å². The highest BCUT2D eigenvalue weighted by Crippen LogP contribution is 2.17. The zero-order valence-corrected chi connectivity index (χ0v) is 15.6. The first-order valence-electron chi connectivity index (χ1n) is 8.93. The molecule has 3 aromatic rings. The van der Waals surface area contributed by atoms with Gasteiger partial charge in [-0.3, -0.25) is 4.79 Å². The van der Waals surface area contributed by atoms with Gasteiger partial charge in [-0.05, 0) is 31.0 Å². The van der Waals surface area contributed by atoms with Crippen LogP contribution in [0.5, 0.6) is 5.75 Å². The van der Waals surface area contributed by atoms with E-state index in [1.165, 1.54) is 5.56 Å². The van der Waals surface area contributed by atoms with Crippen molar-refractivity contribution in [3.05, 3.63) is 65.5 Å². The molecule has 0 radical (unpaired) electrons. The average Bonchev–Trinajstić information content (AvgIpc) is 3.16. The van der Waals surface area contributed by atoms with E-state index in [0.717, 1.165) is 23.3 Å². The lowest BCUT2D eigenvalue weighted by Crippen LogP contribution is -2.25. The number of nitrogens with one attached hydrogen (secondary N) is 1. The molecule has 0 atom stereocenters. The molecule has 0 aliphatic carbocycles. The summed E-state index contributed by atoms with van der Waals surface area (Å²) < 4.78 is 10.4. The first kappa shape index (κ1) is 18.6. The van der Waals surface area contributed by atoms with Crippen LogP contribution >= 0.6 is 0 Å². The van der Waals surface area contributed by atoms with Gasteiger partial charge in [0, 0.05) is 24.9 Å². The van der Waals surface area contributed by atoms with Gasteiger partial charge in [-0.2, -0.15) is 4.98 Å². The predicted molar refractivity (Wildman–Crippen MR) is 102 cm³/mol. The Labute approximate surface area is 158 Å². The van der Waals surface area contributed by atoms with Crippen LogP contribution in [0, 0.1) is 6.92 Å². The van der Waals surface area contributed by atoms with Gasteiger partial charge in [0.2, 0.25) is 17.6 Å². The van der Waals surface area contributed by atoms with Crippen LogP contribution in [0.4, 0.5) is 0 Å². The number of rotatable bonds is 8. The second-order valence-electron chi connectivity index (χ2n) is 6.33. The van der Waals surface area contributed by atoms with Gasteiger partial charge in [-0.1, -0.05) is 47.1 Å². The molecule has 1 N–H and O–H groups in total. The molecular formula is C21H23N3O3. The summed E-state index contributed by atoms with van der Waals surface area (Å²) in [6, 6.07) is 15.7. The number of ether oxygens (including phenoxy) is 1. The number of carbonyl (C=O) groups is 1. The lowest BCUT2D eigenvalue weighted by atomic mass is 10.1. The van der Waals surface area contributed by atoms with Crippen LogP contribution in [-0.4, -0.2) is 29.7 Å². The van der Waals surface area contributed by atoms with Crippen molar-refractivity contribution in [3.63, 3.8) is 0 Å². The van der Waals surface area contributed by atoms with Crippen molar-refractivity contribution in [1.82, 2.24) is 15.5 Å². The van der Waals surface area contributed by atoms with Crippen LogP contribution in [0.2, 0.25) is 0 Å². The number of hydrogen-bond acceptors (Lipinski definition) is 5. The summed E-state index contributed by atoms with van der Waals surface area (Å²) in [6.45, 7) is 2.60. The fourth-order valence-corrected chi connectivity index (χ4v) is 2.66. The van der Waals surface area contributed by atoms with Crippen LogP contribution in [0.15, 0.2) is 53.1 Å². The van der Waals surface area contributed by atoms with Crippen LogP contribution in [0.25, 0.3) is 11.4 Å². The Morgan fingerprint density at radius 2 is 1.96 bits per heavy atom. The van der Waals surface area contributed by atoms with Crippen molar-refractivity contribution < 1.29 is 14.1 Å². The van der Waals surface area contributed by atoms with Crippen molar-refractivity contribution >= 4 is 5.91 Å². The van der Waals surface area contributed by atoms with E-state index in [1.807, 2.05) is 55.5 Å². The topological polar surface area (TPSA) is 77.2 Å². The molecule has 1 amide bonds. The summed E-state index contributed by atoms with van der Waals surface area (Å²) in [5, 5.41) is 6.90. The molecule has 27 heavy (non-hydrogen) atoms. The summed E-state index contributed by atoms with van der Waals surface area (Å²) in [6.07, 6.45) is 1.48. The maximum atomic E-state index is 12.0. The van der Waals surface area contributed by atoms with E-state index in [2.05, 4.69) is 15.5 Å². The van der Waals surface area contributed by atoms with E-state index in [1.54, 1.807) is 7.11 Å². The Balaban J connectivity index is 1.43. The van der Waals surface area contributed by atoms with Gasteiger partial charge in [0.05, 0.1) is 7.11 Å². The maximum absolute atomic E-state index is 12.0. The Hall–Kier alpha value is -3.15. The van der Waals surface area contributed by atoms with Crippen LogP contribution in [0.1, 0.15) is 23.4 Å². The van der Waals surface area contributed by atoms with E-state index < -0.39 is 0 Å². The molecular weight excluding hydrogens is 342 g/mol. The number of hydrogen-bond donors (Lipinski definition) is 1. The number of carbonyl (C=O) groups excluding carboxylic acids is 1. The third-order valence-corrected chi connectivity index (χ3v) is 4.21. The van der Waals surface area contributed by atoms with E-state index in [-0.39, 0.29) is 5.91 Å². The van der Waals surface area contributed by atoms with Crippen molar-refractivity contribution in [2.24, 2.45) is 0 Å². The third kappa shape index (κ3) is 5.41. The number of nitrogens with zero attached hydrogens (tertiary/aromatic N) is 2. The van der Waals surface area contributed by atoms with Crippen LogP contribution < -0.4 is 10.1 Å². The normalized spacial score (nSPS) is 10.6. The lowest BCUT2D eigenvalue weighted by molar-refractivity contribution is -0.121. The minimum absolute atomic E-state index is 0.0343. The van der Waals surface area contributed by atoms with Crippen molar-refractivity contribution in [1.29, 1.82) is 0 Å². The smallest absolute Gasteiger partial charge is 0.227 e. The molecule has 140 valence electrons. The fraction of sp³-hybridized carbons (Fsp3) is 0.286. The summed E-state index contributed by atoms with van der Waals surface area (Å²) in [4.78, 5) is 16.4. The molecule has 0 fully saturated rings. The average molecular weight is 365 g/mol. The molecule has 0 spiro atoms. The zero-order chi connectivity index (χ0) is 19.1. The Kier molecular flexibility index (Phi) is 6.20. The highest BCUT2D eigenvalue weighted by molar-refractivity contribution is 5.76. The SMILES string of the molecule is COc1cccc(CCNC(=O)CCc2nc(-c3ccc(C)cc3)no2)c1. The molecule has 0 saturated carbocycles. The highest BCUT2D eigenvalue weighted by atomic mass is 16.5. The van der Waals surface area contributed by atoms with E-state index >= 15 is 0 Å². The van der Waals surface area contributed by atoms with Gasteiger partial charge >= 0.3 is 0 Å². The predicted octanol–water partition coefficient (Wildman–Crippen LogP) is 3.35. The number of aryl methyl sites for hydroxylation is 2. The number of benzene rings is 2. The molecule has 1 aromatic heterocycles. The molecule has 3 rings (SSSR count). The van der Waals surface area contributed by atoms with Gasteiger partial charge in [-0.25, -0.2) is 0 Å². The molecule has 1 heterocycles. The summed E-state index contributed by atoms with van der Waals surface area (Å²) in [5.41, 5.74) is 3.20. The zero-order valence-electron chi connectivity index (χ0n) is 15.6. The van der Waals surface area contributed by atoms with Crippen LogP contribution in [-0.2, 0) is 17.6 Å². The van der Waals surface area contributed by atoms with Crippen LogP contribution in [0.3, 0.4) is 0 Å². The van der Waals surface area contributed by atoms with Gasteiger partial charge in [0.1, 0.15) is 5.75 Å². The highest BCUT2D eigenvalue weighted by Gasteiger charge is 2.10. The van der Waals surface area contributed by atoms with Gasteiger partial charge in [0.25, 0.3) is 0 Å². The van der Waals surface area contributed by atoms with Gasteiger partial charge < -0.3 is 14.6 Å². The third-order valence-electron chi connectivity index (χ3n) is 4.21. The quantitative estimate of drug-likeness (QED) is 0.662. The molecule has 0 aliphatic rings. The number of aromatic nitrogens is 2. The molecule has 2 aromatic carbocycles.